The Balaban J connectivity index is 1.13. The molecule has 7 heteroatoms. The number of nitrogens with zero attached hydrogens (tertiary/aromatic N) is 4. The first-order valence-electron chi connectivity index (χ1n) is 12.2. The number of hydrogen-bond donors (Lipinski definition) is 1. The van der Waals surface area contributed by atoms with Crippen molar-refractivity contribution in [3.63, 3.8) is 0 Å². The van der Waals surface area contributed by atoms with E-state index in [1.807, 2.05) is 43.3 Å². The molecular formula is C26H33N5O2. The van der Waals surface area contributed by atoms with E-state index in [4.69, 9.17) is 9.26 Å². The molecule has 174 valence electrons. The first-order chi connectivity index (χ1) is 16.2. The fraction of sp³-hybridized carbons (Fsp3) is 0.500. The number of pyridine rings is 1. The smallest absolute Gasteiger partial charge is 0.258 e. The van der Waals surface area contributed by atoms with E-state index in [1.54, 1.807) is 6.20 Å². The van der Waals surface area contributed by atoms with Gasteiger partial charge in [-0.3, -0.25) is 4.98 Å². The quantitative estimate of drug-likeness (QED) is 0.577. The molecule has 2 saturated heterocycles. The van der Waals surface area contributed by atoms with Gasteiger partial charge < -0.3 is 19.5 Å². The molecule has 0 saturated carbocycles. The standard InChI is InChI=1S/C26H33N5O2/c1-19-8-9-22(16-28-19)25-29-26(33-30-25)21-5-4-7-24(15-21)32-18-20-10-13-31(14-11-20)17-23-6-2-3-12-27-23/h4-5,7-9,15-16,20,23,27H,2-3,6,10-14,17-18H2,1H3. The van der Waals surface area contributed by atoms with E-state index < -0.39 is 0 Å². The zero-order valence-corrected chi connectivity index (χ0v) is 19.4. The maximum atomic E-state index is 6.17. The van der Waals surface area contributed by atoms with Crippen LogP contribution in [0.15, 0.2) is 47.1 Å². The molecule has 1 aromatic carbocycles. The van der Waals surface area contributed by atoms with Gasteiger partial charge in [-0.1, -0.05) is 17.6 Å². The lowest BCUT2D eigenvalue weighted by Crippen LogP contribution is -2.46. The zero-order valence-electron chi connectivity index (χ0n) is 19.4. The Morgan fingerprint density at radius 2 is 2.00 bits per heavy atom. The third-order valence-corrected chi connectivity index (χ3v) is 6.76. The van der Waals surface area contributed by atoms with Crippen LogP contribution in [0, 0.1) is 12.8 Å². The van der Waals surface area contributed by atoms with Crippen LogP contribution in [0.3, 0.4) is 0 Å². The molecule has 1 N–H and O–H groups in total. The van der Waals surface area contributed by atoms with E-state index in [1.165, 1.54) is 58.3 Å². The molecular weight excluding hydrogens is 414 g/mol. The van der Waals surface area contributed by atoms with Crippen molar-refractivity contribution < 1.29 is 9.26 Å². The van der Waals surface area contributed by atoms with Gasteiger partial charge in [0.15, 0.2) is 0 Å². The first-order valence-corrected chi connectivity index (χ1v) is 12.2. The van der Waals surface area contributed by atoms with Gasteiger partial charge >= 0.3 is 0 Å². The second-order valence-corrected chi connectivity index (χ2v) is 9.34. The van der Waals surface area contributed by atoms with Crippen LogP contribution in [-0.4, -0.2) is 58.9 Å². The van der Waals surface area contributed by atoms with Crippen molar-refractivity contribution in [2.24, 2.45) is 5.92 Å². The van der Waals surface area contributed by atoms with Crippen molar-refractivity contribution in [3.8, 4) is 28.6 Å². The van der Waals surface area contributed by atoms with E-state index in [-0.39, 0.29) is 0 Å². The Morgan fingerprint density at radius 3 is 2.79 bits per heavy atom. The lowest BCUT2D eigenvalue weighted by Gasteiger charge is -2.35. The number of nitrogens with one attached hydrogen (secondary N) is 1. The van der Waals surface area contributed by atoms with E-state index in [9.17, 15) is 0 Å². The van der Waals surface area contributed by atoms with Crippen LogP contribution >= 0.6 is 0 Å². The van der Waals surface area contributed by atoms with Gasteiger partial charge in [-0.2, -0.15) is 4.98 Å². The largest absolute Gasteiger partial charge is 0.493 e. The minimum atomic E-state index is 0.487. The molecule has 0 bridgehead atoms. The maximum Gasteiger partial charge on any atom is 0.258 e. The summed E-state index contributed by atoms with van der Waals surface area (Å²) in [5.41, 5.74) is 2.66. The highest BCUT2D eigenvalue weighted by Gasteiger charge is 2.23. The van der Waals surface area contributed by atoms with Crippen molar-refractivity contribution in [1.29, 1.82) is 0 Å². The number of aromatic nitrogens is 3. The van der Waals surface area contributed by atoms with Crippen molar-refractivity contribution in [2.45, 2.75) is 45.1 Å². The Morgan fingerprint density at radius 1 is 1.09 bits per heavy atom. The highest BCUT2D eigenvalue weighted by Crippen LogP contribution is 2.26. The lowest BCUT2D eigenvalue weighted by molar-refractivity contribution is 0.128. The van der Waals surface area contributed by atoms with E-state index >= 15 is 0 Å². The number of aryl methyl sites for hydroxylation is 1. The molecule has 2 aliphatic rings. The SMILES string of the molecule is Cc1ccc(-c2noc(-c3cccc(OCC4CCN(CC5CCCCN5)CC4)c3)n2)cn1. The summed E-state index contributed by atoms with van der Waals surface area (Å²) < 4.78 is 11.7. The molecule has 33 heavy (non-hydrogen) atoms. The van der Waals surface area contributed by atoms with Gasteiger partial charge in [-0.25, -0.2) is 0 Å². The topological polar surface area (TPSA) is 76.3 Å². The molecule has 0 amide bonds. The maximum absolute atomic E-state index is 6.17. The fourth-order valence-corrected chi connectivity index (χ4v) is 4.72. The van der Waals surface area contributed by atoms with E-state index in [2.05, 4.69) is 25.3 Å². The van der Waals surface area contributed by atoms with Crippen molar-refractivity contribution in [2.75, 3.05) is 32.8 Å². The predicted molar refractivity (Wildman–Crippen MR) is 128 cm³/mol. The van der Waals surface area contributed by atoms with Gasteiger partial charge in [0, 0.05) is 35.6 Å². The van der Waals surface area contributed by atoms with Crippen LogP contribution < -0.4 is 10.1 Å². The van der Waals surface area contributed by atoms with Crippen LogP contribution in [0.5, 0.6) is 5.75 Å². The molecule has 0 radical (unpaired) electrons. The summed E-state index contributed by atoms with van der Waals surface area (Å²) in [6.45, 7) is 7.43. The Kier molecular flexibility index (Phi) is 6.98. The average Bonchev–Trinajstić information content (AvgIpc) is 3.35. The summed E-state index contributed by atoms with van der Waals surface area (Å²) in [7, 11) is 0. The summed E-state index contributed by atoms with van der Waals surface area (Å²) in [6, 6.07) is 12.5. The lowest BCUT2D eigenvalue weighted by atomic mass is 9.96. The summed E-state index contributed by atoms with van der Waals surface area (Å²) in [5, 5.41) is 7.78. The van der Waals surface area contributed by atoms with Crippen LogP contribution in [-0.2, 0) is 0 Å². The van der Waals surface area contributed by atoms with Crippen LogP contribution in [0.2, 0.25) is 0 Å². The molecule has 3 aromatic rings. The number of likely N-dealkylation sites (tertiary alicyclic amines) is 1. The first kappa shape index (κ1) is 22.0. The number of benzene rings is 1. The summed E-state index contributed by atoms with van der Waals surface area (Å²) in [5.74, 6) is 2.48. The van der Waals surface area contributed by atoms with Crippen LogP contribution in [0.1, 0.15) is 37.8 Å². The molecule has 4 heterocycles. The van der Waals surface area contributed by atoms with Gasteiger partial charge in [0.1, 0.15) is 5.75 Å². The molecule has 2 fully saturated rings. The number of rotatable bonds is 7. The number of piperidine rings is 2. The van der Waals surface area contributed by atoms with E-state index in [0.29, 0.717) is 23.7 Å². The molecule has 1 atom stereocenters. The van der Waals surface area contributed by atoms with Crippen LogP contribution in [0.25, 0.3) is 22.8 Å². The summed E-state index contributed by atoms with van der Waals surface area (Å²) in [4.78, 5) is 11.5. The Hall–Kier alpha value is -2.77. The molecule has 7 nitrogen and oxygen atoms in total. The van der Waals surface area contributed by atoms with Gasteiger partial charge in [-0.05, 0) is 88.5 Å². The molecule has 0 spiro atoms. The van der Waals surface area contributed by atoms with Crippen molar-refractivity contribution >= 4 is 0 Å². The Bertz CT molecular complexity index is 1020. The third kappa shape index (κ3) is 5.78. The van der Waals surface area contributed by atoms with E-state index in [0.717, 1.165) is 29.2 Å². The minimum absolute atomic E-state index is 0.487. The number of ether oxygens (including phenoxy) is 1. The predicted octanol–water partition coefficient (Wildman–Crippen LogP) is 4.34. The Labute approximate surface area is 195 Å². The monoisotopic (exact) mass is 447 g/mol. The zero-order chi connectivity index (χ0) is 22.5. The van der Waals surface area contributed by atoms with Gasteiger partial charge in [0.25, 0.3) is 5.89 Å². The highest BCUT2D eigenvalue weighted by molar-refractivity contribution is 5.60. The second-order valence-electron chi connectivity index (χ2n) is 9.34. The van der Waals surface area contributed by atoms with Crippen LogP contribution in [0.4, 0.5) is 0 Å². The summed E-state index contributed by atoms with van der Waals surface area (Å²) in [6.07, 6.45) is 8.18. The van der Waals surface area contributed by atoms with Gasteiger partial charge in [-0.15, -0.1) is 0 Å². The van der Waals surface area contributed by atoms with Gasteiger partial charge in [0.2, 0.25) is 5.82 Å². The molecule has 2 aromatic heterocycles. The fourth-order valence-electron chi connectivity index (χ4n) is 4.72. The minimum Gasteiger partial charge on any atom is -0.493 e. The second kappa shape index (κ2) is 10.4. The third-order valence-electron chi connectivity index (χ3n) is 6.76. The van der Waals surface area contributed by atoms with Crippen molar-refractivity contribution in [1.82, 2.24) is 25.3 Å². The van der Waals surface area contributed by atoms with Gasteiger partial charge in [0.05, 0.1) is 6.61 Å². The number of hydrogen-bond acceptors (Lipinski definition) is 7. The highest BCUT2D eigenvalue weighted by atomic mass is 16.5. The average molecular weight is 448 g/mol. The molecule has 5 rings (SSSR count). The normalized spacial score (nSPS) is 20.1. The molecule has 1 unspecified atom stereocenters. The summed E-state index contributed by atoms with van der Waals surface area (Å²) >= 11 is 0. The molecule has 0 aliphatic carbocycles. The molecule has 2 aliphatic heterocycles. The van der Waals surface area contributed by atoms with Crippen molar-refractivity contribution in [3.05, 3.63) is 48.3 Å².